The molecule has 1 aliphatic carbocycles. The standard InChI is InChI=1S/C14H15Cl2N3O3/c15-9-3-1-8(11(16)7-9)2-6-12(20)18-19-14(22)13(21)17-10-4-5-10/h1,3,7,10H,2,4-6H2,(H,17,21)(H,18,20)(H,19,22). The average molecular weight is 344 g/mol. The fourth-order valence-corrected chi connectivity index (χ4v) is 2.20. The molecule has 1 aromatic rings. The van der Waals surface area contributed by atoms with Crippen LogP contribution in [0.1, 0.15) is 24.8 Å². The minimum Gasteiger partial charge on any atom is -0.345 e. The fourth-order valence-electron chi connectivity index (χ4n) is 1.70. The Morgan fingerprint density at radius 3 is 2.45 bits per heavy atom. The highest BCUT2D eigenvalue weighted by atomic mass is 35.5. The summed E-state index contributed by atoms with van der Waals surface area (Å²) < 4.78 is 0. The summed E-state index contributed by atoms with van der Waals surface area (Å²) in [6.45, 7) is 0. The molecule has 6 nitrogen and oxygen atoms in total. The second-order valence-corrected chi connectivity index (χ2v) is 5.83. The summed E-state index contributed by atoms with van der Waals surface area (Å²) in [4.78, 5) is 34.4. The summed E-state index contributed by atoms with van der Waals surface area (Å²) >= 11 is 11.8. The van der Waals surface area contributed by atoms with Gasteiger partial charge in [-0.2, -0.15) is 0 Å². The Labute approximate surface area is 137 Å². The van der Waals surface area contributed by atoms with Crippen molar-refractivity contribution in [3.63, 3.8) is 0 Å². The monoisotopic (exact) mass is 343 g/mol. The molecule has 3 N–H and O–H groups in total. The first-order valence-corrected chi connectivity index (χ1v) is 7.55. The Hall–Kier alpha value is -1.79. The summed E-state index contributed by atoms with van der Waals surface area (Å²) in [6, 6.07) is 5.10. The number of carbonyl (C=O) groups is 3. The lowest BCUT2D eigenvalue weighted by Gasteiger charge is -2.08. The van der Waals surface area contributed by atoms with E-state index in [9.17, 15) is 14.4 Å². The lowest BCUT2D eigenvalue weighted by atomic mass is 10.1. The molecular formula is C14H15Cl2N3O3. The lowest BCUT2D eigenvalue weighted by molar-refractivity contribution is -0.141. The molecule has 0 aromatic heterocycles. The summed E-state index contributed by atoms with van der Waals surface area (Å²) in [6.07, 6.45) is 2.28. The van der Waals surface area contributed by atoms with E-state index >= 15 is 0 Å². The Morgan fingerprint density at radius 1 is 1.09 bits per heavy atom. The summed E-state index contributed by atoms with van der Waals surface area (Å²) in [5.74, 6) is -2.05. The molecule has 0 atom stereocenters. The highest BCUT2D eigenvalue weighted by Gasteiger charge is 2.26. The Balaban J connectivity index is 1.71. The van der Waals surface area contributed by atoms with Gasteiger partial charge in [0, 0.05) is 22.5 Å². The van der Waals surface area contributed by atoms with Crippen LogP contribution in [0.4, 0.5) is 0 Å². The van der Waals surface area contributed by atoms with Gasteiger partial charge in [0.05, 0.1) is 0 Å². The number of nitrogens with one attached hydrogen (secondary N) is 3. The van der Waals surface area contributed by atoms with Gasteiger partial charge in [0.15, 0.2) is 0 Å². The molecule has 22 heavy (non-hydrogen) atoms. The molecule has 8 heteroatoms. The predicted molar refractivity (Wildman–Crippen MR) is 82.2 cm³/mol. The molecule has 0 aliphatic heterocycles. The zero-order valence-electron chi connectivity index (χ0n) is 11.6. The van der Waals surface area contributed by atoms with Gasteiger partial charge in [-0.3, -0.25) is 25.2 Å². The summed E-state index contributed by atoms with van der Waals surface area (Å²) in [7, 11) is 0. The second kappa shape index (κ2) is 7.47. The number of halogens is 2. The molecule has 1 saturated carbocycles. The van der Waals surface area contributed by atoms with Crippen molar-refractivity contribution in [1.29, 1.82) is 0 Å². The number of hydrogen-bond donors (Lipinski definition) is 3. The smallest absolute Gasteiger partial charge is 0.327 e. The Bertz CT molecular complexity index is 603. The summed E-state index contributed by atoms with van der Waals surface area (Å²) in [5, 5.41) is 3.52. The minimum atomic E-state index is -0.884. The van der Waals surface area contributed by atoms with E-state index in [2.05, 4.69) is 16.2 Å². The fraction of sp³-hybridized carbons (Fsp3) is 0.357. The van der Waals surface area contributed by atoms with Gasteiger partial charge >= 0.3 is 11.8 Å². The van der Waals surface area contributed by atoms with E-state index < -0.39 is 17.7 Å². The van der Waals surface area contributed by atoms with Gasteiger partial charge in [-0.05, 0) is 37.0 Å². The van der Waals surface area contributed by atoms with Crippen LogP contribution in [-0.2, 0) is 20.8 Å². The maximum absolute atomic E-state index is 11.6. The van der Waals surface area contributed by atoms with Crippen molar-refractivity contribution in [3.8, 4) is 0 Å². The van der Waals surface area contributed by atoms with Crippen LogP contribution in [0.15, 0.2) is 18.2 Å². The number of rotatable bonds is 4. The van der Waals surface area contributed by atoms with Crippen LogP contribution < -0.4 is 16.2 Å². The number of benzene rings is 1. The molecule has 0 bridgehead atoms. The third kappa shape index (κ3) is 5.20. The van der Waals surface area contributed by atoms with Crippen molar-refractivity contribution >= 4 is 40.9 Å². The van der Waals surface area contributed by atoms with Crippen molar-refractivity contribution in [1.82, 2.24) is 16.2 Å². The molecule has 1 fully saturated rings. The van der Waals surface area contributed by atoms with E-state index in [4.69, 9.17) is 23.2 Å². The largest absolute Gasteiger partial charge is 0.345 e. The highest BCUT2D eigenvalue weighted by molar-refractivity contribution is 6.35. The quantitative estimate of drug-likeness (QED) is 0.569. The van der Waals surface area contributed by atoms with Crippen molar-refractivity contribution in [2.45, 2.75) is 31.7 Å². The van der Waals surface area contributed by atoms with Crippen molar-refractivity contribution in [3.05, 3.63) is 33.8 Å². The van der Waals surface area contributed by atoms with Gasteiger partial charge < -0.3 is 5.32 Å². The number of hydrazine groups is 1. The molecule has 1 aliphatic rings. The molecule has 118 valence electrons. The molecule has 0 unspecified atom stereocenters. The van der Waals surface area contributed by atoms with E-state index in [1.165, 1.54) is 0 Å². The summed E-state index contributed by atoms with van der Waals surface area (Å²) in [5.41, 5.74) is 5.04. The van der Waals surface area contributed by atoms with E-state index in [-0.39, 0.29) is 12.5 Å². The van der Waals surface area contributed by atoms with Crippen LogP contribution in [0.3, 0.4) is 0 Å². The number of aryl methyl sites for hydroxylation is 1. The zero-order valence-corrected chi connectivity index (χ0v) is 13.1. The maximum atomic E-state index is 11.6. The van der Waals surface area contributed by atoms with Gasteiger partial charge in [0.2, 0.25) is 5.91 Å². The SMILES string of the molecule is O=C(CCc1ccc(Cl)cc1Cl)NNC(=O)C(=O)NC1CC1. The van der Waals surface area contributed by atoms with Gasteiger partial charge in [0.25, 0.3) is 0 Å². The molecule has 0 radical (unpaired) electrons. The third-order valence-electron chi connectivity index (χ3n) is 3.07. The maximum Gasteiger partial charge on any atom is 0.327 e. The second-order valence-electron chi connectivity index (χ2n) is 4.99. The molecule has 0 saturated heterocycles. The molecule has 0 heterocycles. The van der Waals surface area contributed by atoms with Gasteiger partial charge in [-0.25, -0.2) is 0 Å². The van der Waals surface area contributed by atoms with E-state index in [0.29, 0.717) is 16.5 Å². The number of amides is 3. The van der Waals surface area contributed by atoms with Crippen LogP contribution >= 0.6 is 23.2 Å². The van der Waals surface area contributed by atoms with Crippen LogP contribution in [0.5, 0.6) is 0 Å². The third-order valence-corrected chi connectivity index (χ3v) is 3.66. The van der Waals surface area contributed by atoms with Crippen molar-refractivity contribution < 1.29 is 14.4 Å². The average Bonchev–Trinajstić information content (AvgIpc) is 3.27. The lowest BCUT2D eigenvalue weighted by Crippen LogP contribution is -2.49. The Morgan fingerprint density at radius 2 is 1.82 bits per heavy atom. The predicted octanol–water partition coefficient (Wildman–Crippen LogP) is 1.35. The molecule has 2 rings (SSSR count). The van der Waals surface area contributed by atoms with Crippen LogP contribution in [-0.4, -0.2) is 23.8 Å². The van der Waals surface area contributed by atoms with Gasteiger partial charge in [0.1, 0.15) is 0 Å². The number of carbonyl (C=O) groups excluding carboxylic acids is 3. The first-order chi connectivity index (χ1) is 10.5. The van der Waals surface area contributed by atoms with Crippen LogP contribution in [0.2, 0.25) is 10.0 Å². The molecular weight excluding hydrogens is 329 g/mol. The van der Waals surface area contributed by atoms with Crippen molar-refractivity contribution in [2.24, 2.45) is 0 Å². The molecule has 1 aromatic carbocycles. The van der Waals surface area contributed by atoms with Gasteiger partial charge in [-0.1, -0.05) is 29.3 Å². The topological polar surface area (TPSA) is 87.3 Å². The zero-order chi connectivity index (χ0) is 16.1. The first kappa shape index (κ1) is 16.6. The van der Waals surface area contributed by atoms with Crippen LogP contribution in [0.25, 0.3) is 0 Å². The Kier molecular flexibility index (Phi) is 5.63. The van der Waals surface area contributed by atoms with E-state index in [0.717, 1.165) is 18.4 Å². The van der Waals surface area contributed by atoms with Crippen molar-refractivity contribution in [2.75, 3.05) is 0 Å². The number of hydrogen-bond acceptors (Lipinski definition) is 3. The van der Waals surface area contributed by atoms with Gasteiger partial charge in [-0.15, -0.1) is 0 Å². The normalized spacial score (nSPS) is 13.4. The minimum absolute atomic E-state index is 0.0843. The van der Waals surface area contributed by atoms with E-state index in [1.807, 2.05) is 0 Å². The molecule has 0 spiro atoms. The van der Waals surface area contributed by atoms with Crippen LogP contribution in [0, 0.1) is 0 Å². The highest BCUT2D eigenvalue weighted by Crippen LogP contribution is 2.22. The molecule has 3 amide bonds. The van der Waals surface area contributed by atoms with E-state index in [1.54, 1.807) is 18.2 Å². The first-order valence-electron chi connectivity index (χ1n) is 6.79.